The van der Waals surface area contributed by atoms with Gasteiger partial charge in [0, 0.05) is 18.1 Å². The minimum atomic E-state index is -3.34. The molecule has 0 aromatic heterocycles. The van der Waals surface area contributed by atoms with Crippen molar-refractivity contribution >= 4 is 21.6 Å². The summed E-state index contributed by atoms with van der Waals surface area (Å²) >= 11 is 5.85. The van der Waals surface area contributed by atoms with Gasteiger partial charge in [-0.1, -0.05) is 17.7 Å². The summed E-state index contributed by atoms with van der Waals surface area (Å²) in [6.45, 7) is 3.03. The molecule has 0 radical (unpaired) electrons. The van der Waals surface area contributed by atoms with E-state index in [0.29, 0.717) is 23.0 Å². The Bertz CT molecular complexity index is 493. The van der Waals surface area contributed by atoms with Gasteiger partial charge in [-0.15, -0.1) is 0 Å². The van der Waals surface area contributed by atoms with E-state index in [1.807, 2.05) is 0 Å². The molecule has 1 saturated heterocycles. The van der Waals surface area contributed by atoms with Crippen molar-refractivity contribution in [2.75, 3.05) is 13.1 Å². The molecule has 16 heavy (non-hydrogen) atoms. The summed E-state index contributed by atoms with van der Waals surface area (Å²) in [6, 6.07) is 4.98. The zero-order valence-corrected chi connectivity index (χ0v) is 10.7. The number of hydrogen-bond acceptors (Lipinski definition) is 2. The molecular formula is C11H14ClNO2S. The molecule has 0 saturated carbocycles. The first-order valence-electron chi connectivity index (χ1n) is 5.28. The number of rotatable bonds is 2. The summed E-state index contributed by atoms with van der Waals surface area (Å²) in [5.41, 5.74) is 0.747. The molecule has 0 spiro atoms. The zero-order chi connectivity index (χ0) is 11.8. The molecule has 3 nitrogen and oxygen atoms in total. The SMILES string of the molecule is Cc1ccc(Cl)cc1S(=O)(=O)N1CCCC1. The molecule has 0 N–H and O–H groups in total. The smallest absolute Gasteiger partial charge is 0.207 e. The standard InChI is InChI=1S/C11H14ClNO2S/c1-9-4-5-10(12)8-11(9)16(14,15)13-6-2-3-7-13/h4-5,8H,2-3,6-7H2,1H3. The number of aryl methyl sites for hydroxylation is 1. The molecule has 1 aromatic carbocycles. The second kappa shape index (κ2) is 4.35. The van der Waals surface area contributed by atoms with Crippen LogP contribution < -0.4 is 0 Å². The van der Waals surface area contributed by atoms with E-state index < -0.39 is 10.0 Å². The van der Waals surface area contributed by atoms with Crippen LogP contribution in [0.3, 0.4) is 0 Å². The normalized spacial score (nSPS) is 17.9. The van der Waals surface area contributed by atoms with E-state index in [2.05, 4.69) is 0 Å². The van der Waals surface area contributed by atoms with Crippen molar-refractivity contribution in [1.29, 1.82) is 0 Å². The van der Waals surface area contributed by atoms with Gasteiger partial charge in [-0.05, 0) is 37.5 Å². The first-order chi connectivity index (χ1) is 7.51. The average molecular weight is 260 g/mol. The van der Waals surface area contributed by atoms with Gasteiger partial charge in [0.1, 0.15) is 0 Å². The van der Waals surface area contributed by atoms with Crippen LogP contribution in [0.4, 0.5) is 0 Å². The van der Waals surface area contributed by atoms with Gasteiger partial charge in [-0.2, -0.15) is 4.31 Å². The third-order valence-corrected chi connectivity index (χ3v) is 5.11. The average Bonchev–Trinajstić information content (AvgIpc) is 2.75. The van der Waals surface area contributed by atoms with Crippen LogP contribution in [0.5, 0.6) is 0 Å². The fourth-order valence-corrected chi connectivity index (χ4v) is 3.92. The third-order valence-electron chi connectivity index (χ3n) is 2.83. The topological polar surface area (TPSA) is 37.4 Å². The van der Waals surface area contributed by atoms with E-state index in [9.17, 15) is 8.42 Å². The predicted molar refractivity (Wildman–Crippen MR) is 64.2 cm³/mol. The molecule has 2 rings (SSSR count). The van der Waals surface area contributed by atoms with Crippen LogP contribution in [0.1, 0.15) is 18.4 Å². The minimum Gasteiger partial charge on any atom is -0.207 e. The first-order valence-corrected chi connectivity index (χ1v) is 7.10. The lowest BCUT2D eigenvalue weighted by Crippen LogP contribution is -2.28. The summed E-state index contributed by atoms with van der Waals surface area (Å²) in [6.07, 6.45) is 1.89. The van der Waals surface area contributed by atoms with Crippen LogP contribution in [0.2, 0.25) is 5.02 Å². The van der Waals surface area contributed by atoms with Crippen LogP contribution in [0, 0.1) is 6.92 Å². The lowest BCUT2D eigenvalue weighted by atomic mass is 10.2. The summed E-state index contributed by atoms with van der Waals surface area (Å²) in [7, 11) is -3.34. The highest BCUT2D eigenvalue weighted by Crippen LogP contribution is 2.25. The maximum atomic E-state index is 12.3. The van der Waals surface area contributed by atoms with Gasteiger partial charge in [-0.3, -0.25) is 0 Å². The Morgan fingerprint density at radius 3 is 2.50 bits per heavy atom. The fraction of sp³-hybridized carbons (Fsp3) is 0.455. The highest BCUT2D eigenvalue weighted by Gasteiger charge is 2.28. The van der Waals surface area contributed by atoms with E-state index in [1.165, 1.54) is 10.4 Å². The van der Waals surface area contributed by atoms with Crippen molar-refractivity contribution in [3.8, 4) is 0 Å². The predicted octanol–water partition coefficient (Wildman–Crippen LogP) is 2.43. The highest BCUT2D eigenvalue weighted by molar-refractivity contribution is 7.89. The molecular weight excluding hydrogens is 246 g/mol. The Balaban J connectivity index is 2.46. The van der Waals surface area contributed by atoms with Crippen LogP contribution in [-0.2, 0) is 10.0 Å². The van der Waals surface area contributed by atoms with Gasteiger partial charge in [0.05, 0.1) is 4.90 Å². The van der Waals surface area contributed by atoms with E-state index in [0.717, 1.165) is 18.4 Å². The summed E-state index contributed by atoms with van der Waals surface area (Å²) in [5, 5.41) is 0.461. The van der Waals surface area contributed by atoms with Crippen molar-refractivity contribution in [2.45, 2.75) is 24.7 Å². The number of nitrogens with zero attached hydrogens (tertiary/aromatic N) is 1. The molecule has 1 heterocycles. The molecule has 0 unspecified atom stereocenters. The van der Waals surface area contributed by atoms with E-state index in [4.69, 9.17) is 11.6 Å². The van der Waals surface area contributed by atoms with E-state index >= 15 is 0 Å². The Kier molecular flexibility index (Phi) is 3.24. The van der Waals surface area contributed by atoms with Crippen LogP contribution in [-0.4, -0.2) is 25.8 Å². The largest absolute Gasteiger partial charge is 0.243 e. The molecule has 0 aliphatic carbocycles. The van der Waals surface area contributed by atoms with Gasteiger partial charge in [0.15, 0.2) is 0 Å². The van der Waals surface area contributed by atoms with Gasteiger partial charge in [0.25, 0.3) is 0 Å². The van der Waals surface area contributed by atoms with E-state index in [1.54, 1.807) is 19.1 Å². The Morgan fingerprint density at radius 2 is 1.88 bits per heavy atom. The van der Waals surface area contributed by atoms with Crippen LogP contribution in [0.15, 0.2) is 23.1 Å². The lowest BCUT2D eigenvalue weighted by Gasteiger charge is -2.17. The Labute approximate surface area is 101 Å². The van der Waals surface area contributed by atoms with Crippen molar-refractivity contribution in [3.63, 3.8) is 0 Å². The zero-order valence-electron chi connectivity index (χ0n) is 9.11. The molecule has 0 atom stereocenters. The molecule has 1 aliphatic rings. The molecule has 0 amide bonds. The Morgan fingerprint density at radius 1 is 1.25 bits per heavy atom. The van der Waals surface area contributed by atoms with Gasteiger partial charge in [0.2, 0.25) is 10.0 Å². The minimum absolute atomic E-state index is 0.335. The maximum absolute atomic E-state index is 12.3. The third kappa shape index (κ3) is 2.10. The van der Waals surface area contributed by atoms with Gasteiger partial charge in [-0.25, -0.2) is 8.42 Å². The van der Waals surface area contributed by atoms with Gasteiger partial charge >= 0.3 is 0 Å². The highest BCUT2D eigenvalue weighted by atomic mass is 35.5. The monoisotopic (exact) mass is 259 g/mol. The summed E-state index contributed by atoms with van der Waals surface area (Å²) in [5.74, 6) is 0. The first kappa shape index (κ1) is 11.9. The number of sulfonamides is 1. The van der Waals surface area contributed by atoms with Crippen molar-refractivity contribution < 1.29 is 8.42 Å². The van der Waals surface area contributed by atoms with Crippen molar-refractivity contribution in [2.24, 2.45) is 0 Å². The number of halogens is 1. The molecule has 1 aromatic rings. The number of hydrogen-bond donors (Lipinski definition) is 0. The molecule has 88 valence electrons. The van der Waals surface area contributed by atoms with Gasteiger partial charge < -0.3 is 0 Å². The fourth-order valence-electron chi connectivity index (χ4n) is 1.92. The van der Waals surface area contributed by atoms with E-state index in [-0.39, 0.29) is 0 Å². The molecule has 1 aliphatic heterocycles. The molecule has 0 bridgehead atoms. The second-order valence-electron chi connectivity index (χ2n) is 4.02. The molecule has 1 fully saturated rings. The van der Waals surface area contributed by atoms with Crippen molar-refractivity contribution in [1.82, 2.24) is 4.31 Å². The second-order valence-corrected chi connectivity index (χ2v) is 6.36. The summed E-state index contributed by atoms with van der Waals surface area (Å²) < 4.78 is 26.1. The van der Waals surface area contributed by atoms with Crippen LogP contribution in [0.25, 0.3) is 0 Å². The maximum Gasteiger partial charge on any atom is 0.243 e. The lowest BCUT2D eigenvalue weighted by molar-refractivity contribution is 0.477. The summed E-state index contributed by atoms with van der Waals surface area (Å²) in [4.78, 5) is 0.335. The molecule has 5 heteroatoms. The quantitative estimate of drug-likeness (QED) is 0.818. The Hall–Kier alpha value is -0.580. The van der Waals surface area contributed by atoms with Crippen LogP contribution >= 0.6 is 11.6 Å². The van der Waals surface area contributed by atoms with Crippen molar-refractivity contribution in [3.05, 3.63) is 28.8 Å². The number of benzene rings is 1.